The molecule has 2 aliphatic heterocycles. The third-order valence-electron chi connectivity index (χ3n) is 6.09. The molecule has 0 radical (unpaired) electrons. The highest BCUT2D eigenvalue weighted by Crippen LogP contribution is 2.31. The number of piperidine rings is 2. The van der Waals surface area contributed by atoms with Gasteiger partial charge in [-0.15, -0.1) is 11.3 Å². The lowest BCUT2D eigenvalue weighted by molar-refractivity contribution is 0.0576. The van der Waals surface area contributed by atoms with E-state index in [2.05, 4.69) is 15.2 Å². The normalized spacial score (nSPS) is 22.5. The number of nitrogens with zero attached hydrogens (tertiary/aromatic N) is 2. The van der Waals surface area contributed by atoms with Gasteiger partial charge < -0.3 is 15.0 Å². The molecule has 3 heterocycles. The fourth-order valence-electron chi connectivity index (χ4n) is 4.58. The Morgan fingerprint density at radius 3 is 2.79 bits per heavy atom. The molecule has 2 saturated heterocycles. The molecule has 1 N–H and O–H groups in total. The van der Waals surface area contributed by atoms with Gasteiger partial charge in [-0.3, -0.25) is 4.79 Å². The van der Waals surface area contributed by atoms with Gasteiger partial charge in [-0.2, -0.15) is 0 Å². The summed E-state index contributed by atoms with van der Waals surface area (Å²) in [6.07, 6.45) is 6.40. The van der Waals surface area contributed by atoms with Crippen molar-refractivity contribution in [2.45, 2.75) is 45.1 Å². The summed E-state index contributed by atoms with van der Waals surface area (Å²) in [4.78, 5) is 20.8. The SMILES string of the molecule is COc1ccc(-c2nc(C)c(C(=O)NCC3CCCN4CCCCC34)s2)cc1. The zero-order valence-corrected chi connectivity index (χ0v) is 17.6. The van der Waals surface area contributed by atoms with Gasteiger partial charge in [0.15, 0.2) is 0 Å². The Kier molecular flexibility index (Phi) is 5.97. The van der Waals surface area contributed by atoms with Crippen molar-refractivity contribution in [2.75, 3.05) is 26.7 Å². The van der Waals surface area contributed by atoms with Crippen LogP contribution in [0.5, 0.6) is 5.75 Å². The first-order valence-electron chi connectivity index (χ1n) is 10.3. The van der Waals surface area contributed by atoms with Crippen molar-refractivity contribution < 1.29 is 9.53 Å². The number of aromatic nitrogens is 1. The minimum Gasteiger partial charge on any atom is -0.497 e. The molecule has 1 aromatic heterocycles. The Bertz CT molecular complexity index is 816. The van der Waals surface area contributed by atoms with Gasteiger partial charge in [-0.05, 0) is 75.9 Å². The summed E-state index contributed by atoms with van der Waals surface area (Å²) < 4.78 is 5.21. The van der Waals surface area contributed by atoms with Crippen molar-refractivity contribution in [3.05, 3.63) is 34.8 Å². The second-order valence-electron chi connectivity index (χ2n) is 7.87. The Hall–Kier alpha value is -1.92. The third-order valence-corrected chi connectivity index (χ3v) is 7.30. The summed E-state index contributed by atoms with van der Waals surface area (Å²) in [5.41, 5.74) is 1.81. The van der Waals surface area contributed by atoms with E-state index in [4.69, 9.17) is 4.74 Å². The first kappa shape index (κ1) is 19.4. The van der Waals surface area contributed by atoms with Crippen LogP contribution in [-0.4, -0.2) is 48.6 Å². The molecule has 2 unspecified atom stereocenters. The summed E-state index contributed by atoms with van der Waals surface area (Å²) in [7, 11) is 1.66. The number of ether oxygens (including phenoxy) is 1. The van der Waals surface area contributed by atoms with Crippen LogP contribution in [0.3, 0.4) is 0 Å². The van der Waals surface area contributed by atoms with E-state index in [9.17, 15) is 4.79 Å². The summed E-state index contributed by atoms with van der Waals surface area (Å²) >= 11 is 1.47. The van der Waals surface area contributed by atoms with Crippen molar-refractivity contribution in [1.82, 2.24) is 15.2 Å². The first-order chi connectivity index (χ1) is 13.7. The average molecular weight is 400 g/mol. The van der Waals surface area contributed by atoms with Crippen LogP contribution in [0.1, 0.15) is 47.5 Å². The van der Waals surface area contributed by atoms with Crippen molar-refractivity contribution in [1.29, 1.82) is 0 Å². The molecule has 0 bridgehead atoms. The highest BCUT2D eigenvalue weighted by atomic mass is 32.1. The van der Waals surface area contributed by atoms with Gasteiger partial charge in [0, 0.05) is 18.2 Å². The lowest BCUT2D eigenvalue weighted by Gasteiger charge is -2.44. The third kappa shape index (κ3) is 4.08. The molecule has 4 rings (SSSR count). The summed E-state index contributed by atoms with van der Waals surface area (Å²) in [5.74, 6) is 1.41. The predicted molar refractivity (Wildman–Crippen MR) is 113 cm³/mol. The number of rotatable bonds is 5. The number of carbonyl (C=O) groups is 1. The van der Waals surface area contributed by atoms with E-state index in [1.807, 2.05) is 31.2 Å². The molecule has 0 aliphatic carbocycles. The Labute approximate surface area is 171 Å². The highest BCUT2D eigenvalue weighted by molar-refractivity contribution is 7.17. The summed E-state index contributed by atoms with van der Waals surface area (Å²) in [6.45, 7) is 5.15. The molecule has 2 atom stereocenters. The van der Waals surface area contributed by atoms with Gasteiger partial charge >= 0.3 is 0 Å². The number of fused-ring (bicyclic) bond motifs is 1. The fourth-order valence-corrected chi connectivity index (χ4v) is 5.57. The van der Waals surface area contributed by atoms with Gasteiger partial charge in [0.05, 0.1) is 12.8 Å². The van der Waals surface area contributed by atoms with E-state index in [0.29, 0.717) is 12.0 Å². The van der Waals surface area contributed by atoms with E-state index < -0.39 is 0 Å². The standard InChI is InChI=1S/C22H29N3O2S/c1-15-20(28-22(24-15)16-8-10-18(27-2)11-9-16)21(26)23-14-17-6-5-13-25-12-4-3-7-19(17)25/h8-11,17,19H,3-7,12-14H2,1-2H3,(H,23,26). The summed E-state index contributed by atoms with van der Waals surface area (Å²) in [5, 5.41) is 4.09. The lowest BCUT2D eigenvalue weighted by Crippen LogP contribution is -2.50. The van der Waals surface area contributed by atoms with E-state index >= 15 is 0 Å². The van der Waals surface area contributed by atoms with Gasteiger partial charge in [-0.1, -0.05) is 6.42 Å². The minimum absolute atomic E-state index is 0.0164. The number of carbonyl (C=O) groups excluding carboxylic acids is 1. The zero-order valence-electron chi connectivity index (χ0n) is 16.7. The van der Waals surface area contributed by atoms with Crippen LogP contribution in [0.4, 0.5) is 0 Å². The number of amides is 1. The van der Waals surface area contributed by atoms with Crippen molar-refractivity contribution in [2.24, 2.45) is 5.92 Å². The van der Waals surface area contributed by atoms with Crippen molar-refractivity contribution >= 4 is 17.2 Å². The molecule has 2 fully saturated rings. The van der Waals surface area contributed by atoms with E-state index in [0.717, 1.165) is 33.4 Å². The van der Waals surface area contributed by atoms with Crippen molar-refractivity contribution in [3.8, 4) is 16.3 Å². The van der Waals surface area contributed by atoms with Crippen LogP contribution >= 0.6 is 11.3 Å². The Balaban J connectivity index is 1.41. The highest BCUT2D eigenvalue weighted by Gasteiger charge is 2.33. The molecule has 2 aliphatic rings. The number of nitrogens with one attached hydrogen (secondary N) is 1. The maximum atomic E-state index is 12.8. The molecule has 28 heavy (non-hydrogen) atoms. The molecule has 1 aromatic carbocycles. The van der Waals surface area contributed by atoms with E-state index in [1.54, 1.807) is 7.11 Å². The van der Waals surface area contributed by atoms with Crippen LogP contribution < -0.4 is 10.1 Å². The van der Waals surface area contributed by atoms with Crippen LogP contribution in [0, 0.1) is 12.8 Å². The van der Waals surface area contributed by atoms with Gasteiger partial charge in [0.1, 0.15) is 15.6 Å². The molecule has 6 heteroatoms. The molecule has 2 aromatic rings. The minimum atomic E-state index is 0.0164. The summed E-state index contributed by atoms with van der Waals surface area (Å²) in [6, 6.07) is 8.47. The molecule has 5 nitrogen and oxygen atoms in total. The smallest absolute Gasteiger partial charge is 0.263 e. The molecule has 150 valence electrons. The second-order valence-corrected chi connectivity index (χ2v) is 8.87. The second kappa shape index (κ2) is 8.62. The molecule has 0 saturated carbocycles. The van der Waals surface area contributed by atoms with Crippen LogP contribution in [0.2, 0.25) is 0 Å². The average Bonchev–Trinajstić information content (AvgIpc) is 3.13. The molecule has 1 amide bonds. The van der Waals surface area contributed by atoms with E-state index in [-0.39, 0.29) is 5.91 Å². The monoisotopic (exact) mass is 399 g/mol. The quantitative estimate of drug-likeness (QED) is 0.822. The zero-order chi connectivity index (χ0) is 19.5. The van der Waals surface area contributed by atoms with Crippen LogP contribution in [0.25, 0.3) is 10.6 Å². The predicted octanol–water partition coefficient (Wildman–Crippen LogP) is 4.12. The maximum Gasteiger partial charge on any atom is 0.263 e. The van der Waals surface area contributed by atoms with Gasteiger partial charge in [0.2, 0.25) is 0 Å². The number of aryl methyl sites for hydroxylation is 1. The largest absolute Gasteiger partial charge is 0.497 e. The van der Waals surface area contributed by atoms with Crippen LogP contribution in [-0.2, 0) is 0 Å². The van der Waals surface area contributed by atoms with E-state index in [1.165, 1.54) is 56.5 Å². The Morgan fingerprint density at radius 2 is 2.00 bits per heavy atom. The number of benzene rings is 1. The number of hydrogen-bond acceptors (Lipinski definition) is 5. The Morgan fingerprint density at radius 1 is 1.21 bits per heavy atom. The van der Waals surface area contributed by atoms with Crippen molar-refractivity contribution in [3.63, 3.8) is 0 Å². The van der Waals surface area contributed by atoms with Gasteiger partial charge in [-0.25, -0.2) is 4.98 Å². The molecule has 0 spiro atoms. The number of thiazole rings is 1. The fraction of sp³-hybridized carbons (Fsp3) is 0.545. The van der Waals surface area contributed by atoms with Gasteiger partial charge in [0.25, 0.3) is 5.91 Å². The molecular formula is C22H29N3O2S. The maximum absolute atomic E-state index is 12.8. The number of hydrogen-bond donors (Lipinski definition) is 1. The first-order valence-corrected chi connectivity index (χ1v) is 11.1. The number of methoxy groups -OCH3 is 1. The topological polar surface area (TPSA) is 54.5 Å². The van der Waals surface area contributed by atoms with Crippen LogP contribution in [0.15, 0.2) is 24.3 Å². The lowest BCUT2D eigenvalue weighted by atomic mass is 9.83. The molecular weight excluding hydrogens is 370 g/mol.